The molecule has 10 heteroatoms. The number of fused-ring (bicyclic) bond motifs is 1. The van der Waals surface area contributed by atoms with Crippen molar-refractivity contribution >= 4 is 15.7 Å². The van der Waals surface area contributed by atoms with Gasteiger partial charge in [0.2, 0.25) is 15.9 Å². The highest BCUT2D eigenvalue weighted by molar-refractivity contribution is 7.89. The third kappa shape index (κ3) is 4.24. The van der Waals surface area contributed by atoms with Gasteiger partial charge >= 0.3 is 0 Å². The third-order valence-electron chi connectivity index (χ3n) is 4.27. The molecule has 0 spiro atoms. The van der Waals surface area contributed by atoms with Crippen molar-refractivity contribution in [2.24, 2.45) is 0 Å². The Morgan fingerprint density at radius 3 is 2.63 bits per heavy atom. The number of hydrogen-bond acceptors (Lipinski definition) is 7. The quantitative estimate of drug-likeness (QED) is 0.431. The summed E-state index contributed by atoms with van der Waals surface area (Å²) in [4.78, 5) is 0.124. The minimum atomic E-state index is -3.67. The molecular formula is C20H19N5O4S. The Hall–Kier alpha value is -3.50. The predicted octanol–water partition coefficient (Wildman–Crippen LogP) is 2.16. The van der Waals surface area contributed by atoms with E-state index in [2.05, 4.69) is 20.0 Å². The lowest BCUT2D eigenvalue weighted by Gasteiger charge is -2.09. The van der Waals surface area contributed by atoms with E-state index in [-0.39, 0.29) is 18.0 Å². The van der Waals surface area contributed by atoms with Gasteiger partial charge in [-0.15, -0.1) is 15.3 Å². The van der Waals surface area contributed by atoms with Crippen LogP contribution in [0.4, 0.5) is 0 Å². The van der Waals surface area contributed by atoms with E-state index < -0.39 is 10.0 Å². The van der Waals surface area contributed by atoms with Crippen LogP contribution in [0.25, 0.3) is 17.0 Å². The Morgan fingerprint density at radius 1 is 1.00 bits per heavy atom. The normalized spacial score (nSPS) is 11.5. The highest BCUT2D eigenvalue weighted by Crippen LogP contribution is 2.19. The standard InChI is InChI=1S/C20H19N5O4S/c1-28-16-8-5-9-17(14-16)30(26,27)21-12-13-29-19-11-10-18-22-23-20(25(18)24-19)15-6-3-2-4-7-15/h2-11,14,21H,12-13H2,1H3. The highest BCUT2D eigenvalue weighted by Gasteiger charge is 2.14. The summed E-state index contributed by atoms with van der Waals surface area (Å²) in [6, 6.07) is 19.2. The molecule has 30 heavy (non-hydrogen) atoms. The van der Waals surface area contributed by atoms with Crippen LogP contribution in [0.1, 0.15) is 0 Å². The zero-order chi connectivity index (χ0) is 21.0. The lowest BCUT2D eigenvalue weighted by atomic mass is 10.2. The van der Waals surface area contributed by atoms with Gasteiger partial charge in [-0.05, 0) is 18.2 Å². The Kier molecular flexibility index (Phi) is 5.59. The molecule has 4 aromatic rings. The summed E-state index contributed by atoms with van der Waals surface area (Å²) in [6.45, 7) is 0.178. The van der Waals surface area contributed by atoms with Gasteiger partial charge in [0.25, 0.3) is 0 Å². The van der Waals surface area contributed by atoms with Crippen molar-refractivity contribution in [1.82, 2.24) is 24.5 Å². The molecule has 9 nitrogen and oxygen atoms in total. The van der Waals surface area contributed by atoms with Crippen LogP contribution < -0.4 is 14.2 Å². The minimum Gasteiger partial charge on any atom is -0.497 e. The maximum Gasteiger partial charge on any atom is 0.240 e. The van der Waals surface area contributed by atoms with Crippen molar-refractivity contribution < 1.29 is 17.9 Å². The lowest BCUT2D eigenvalue weighted by molar-refractivity contribution is 0.306. The van der Waals surface area contributed by atoms with Crippen LogP contribution >= 0.6 is 0 Å². The predicted molar refractivity (Wildman–Crippen MR) is 110 cm³/mol. The first-order valence-corrected chi connectivity index (χ1v) is 10.6. The fraction of sp³-hybridized carbons (Fsp3) is 0.150. The van der Waals surface area contributed by atoms with Gasteiger partial charge in [-0.1, -0.05) is 36.4 Å². The molecule has 0 radical (unpaired) electrons. The van der Waals surface area contributed by atoms with Crippen LogP contribution in [0.15, 0.2) is 71.6 Å². The summed E-state index contributed by atoms with van der Waals surface area (Å²) < 4.78 is 39.6. The van der Waals surface area contributed by atoms with E-state index in [1.165, 1.54) is 19.2 Å². The van der Waals surface area contributed by atoms with Crippen molar-refractivity contribution in [3.05, 3.63) is 66.7 Å². The first-order chi connectivity index (χ1) is 14.6. The number of rotatable bonds is 8. The molecule has 154 valence electrons. The largest absolute Gasteiger partial charge is 0.497 e. The summed E-state index contributed by atoms with van der Waals surface area (Å²) in [5.74, 6) is 1.39. The molecule has 2 aromatic carbocycles. The van der Waals surface area contributed by atoms with Crippen LogP contribution in [0.3, 0.4) is 0 Å². The van der Waals surface area contributed by atoms with Crippen LogP contribution in [-0.2, 0) is 10.0 Å². The Labute approximate surface area is 173 Å². The molecular weight excluding hydrogens is 406 g/mol. The van der Waals surface area contributed by atoms with Crippen molar-refractivity contribution in [1.29, 1.82) is 0 Å². The van der Waals surface area contributed by atoms with E-state index in [0.717, 1.165) is 5.56 Å². The van der Waals surface area contributed by atoms with Gasteiger partial charge in [0.1, 0.15) is 12.4 Å². The van der Waals surface area contributed by atoms with E-state index >= 15 is 0 Å². The zero-order valence-electron chi connectivity index (χ0n) is 16.1. The van der Waals surface area contributed by atoms with Crippen LogP contribution in [0, 0.1) is 0 Å². The van der Waals surface area contributed by atoms with E-state index in [4.69, 9.17) is 9.47 Å². The van der Waals surface area contributed by atoms with Crippen LogP contribution in [-0.4, -0.2) is 48.5 Å². The topological polar surface area (TPSA) is 108 Å². The molecule has 0 saturated heterocycles. The van der Waals surface area contributed by atoms with Crippen molar-refractivity contribution in [3.8, 4) is 23.0 Å². The van der Waals surface area contributed by atoms with Gasteiger partial charge in [-0.3, -0.25) is 0 Å². The first kappa shape index (κ1) is 19.8. The molecule has 0 unspecified atom stereocenters. The Balaban J connectivity index is 1.41. The monoisotopic (exact) mass is 425 g/mol. The zero-order valence-corrected chi connectivity index (χ0v) is 16.9. The van der Waals surface area contributed by atoms with Gasteiger partial charge in [-0.25, -0.2) is 13.1 Å². The molecule has 4 rings (SSSR count). The molecule has 0 bridgehead atoms. The van der Waals surface area contributed by atoms with E-state index in [1.807, 2.05) is 30.3 Å². The molecule has 1 N–H and O–H groups in total. The Bertz CT molecular complexity index is 1260. The van der Waals surface area contributed by atoms with E-state index in [0.29, 0.717) is 23.1 Å². The maximum atomic E-state index is 12.4. The smallest absolute Gasteiger partial charge is 0.240 e. The fourth-order valence-corrected chi connectivity index (χ4v) is 3.85. The number of ether oxygens (including phenoxy) is 2. The average Bonchev–Trinajstić information content (AvgIpc) is 3.21. The minimum absolute atomic E-state index is 0.0764. The maximum absolute atomic E-state index is 12.4. The number of nitrogens with zero attached hydrogens (tertiary/aromatic N) is 4. The van der Waals surface area contributed by atoms with Crippen molar-refractivity contribution in [3.63, 3.8) is 0 Å². The SMILES string of the molecule is COc1cccc(S(=O)(=O)NCCOc2ccc3nnc(-c4ccccc4)n3n2)c1. The molecule has 2 heterocycles. The molecule has 0 fully saturated rings. The van der Waals surface area contributed by atoms with Gasteiger partial charge in [-0.2, -0.15) is 4.52 Å². The molecule has 2 aromatic heterocycles. The number of hydrogen-bond donors (Lipinski definition) is 1. The molecule has 0 aliphatic rings. The molecule has 0 amide bonds. The van der Waals surface area contributed by atoms with Gasteiger partial charge < -0.3 is 9.47 Å². The van der Waals surface area contributed by atoms with Crippen LogP contribution in [0.5, 0.6) is 11.6 Å². The number of methoxy groups -OCH3 is 1. The number of aromatic nitrogens is 4. The van der Waals surface area contributed by atoms with Gasteiger partial charge in [0, 0.05) is 24.2 Å². The highest BCUT2D eigenvalue weighted by atomic mass is 32.2. The number of nitrogens with one attached hydrogen (secondary N) is 1. The van der Waals surface area contributed by atoms with Gasteiger partial charge in [0.05, 0.1) is 12.0 Å². The fourth-order valence-electron chi connectivity index (χ4n) is 2.80. The summed E-state index contributed by atoms with van der Waals surface area (Å²) in [6.07, 6.45) is 0. The lowest BCUT2D eigenvalue weighted by Crippen LogP contribution is -2.28. The second-order valence-corrected chi connectivity index (χ2v) is 8.02. The van der Waals surface area contributed by atoms with E-state index in [1.54, 1.807) is 28.8 Å². The average molecular weight is 425 g/mol. The Morgan fingerprint density at radius 2 is 1.83 bits per heavy atom. The molecule has 0 atom stereocenters. The van der Waals surface area contributed by atoms with E-state index in [9.17, 15) is 8.42 Å². The van der Waals surface area contributed by atoms with Gasteiger partial charge in [0.15, 0.2) is 11.5 Å². The van der Waals surface area contributed by atoms with Crippen molar-refractivity contribution in [2.45, 2.75) is 4.90 Å². The molecule has 0 aliphatic carbocycles. The third-order valence-corrected chi connectivity index (χ3v) is 5.72. The molecule has 0 aliphatic heterocycles. The number of sulfonamides is 1. The summed E-state index contributed by atoms with van der Waals surface area (Å²) in [5, 5.41) is 12.7. The second-order valence-electron chi connectivity index (χ2n) is 6.26. The molecule has 0 saturated carbocycles. The summed E-state index contributed by atoms with van der Waals surface area (Å²) in [5.41, 5.74) is 1.46. The number of benzene rings is 2. The second kappa shape index (κ2) is 8.47. The summed E-state index contributed by atoms with van der Waals surface area (Å²) >= 11 is 0. The van der Waals surface area contributed by atoms with Crippen molar-refractivity contribution in [2.75, 3.05) is 20.3 Å². The summed E-state index contributed by atoms with van der Waals surface area (Å²) in [7, 11) is -2.19. The van der Waals surface area contributed by atoms with Crippen LogP contribution in [0.2, 0.25) is 0 Å². The first-order valence-electron chi connectivity index (χ1n) is 9.11.